The summed E-state index contributed by atoms with van der Waals surface area (Å²) in [5.41, 5.74) is 6.28. The number of hydrogen-bond acceptors (Lipinski definition) is 1. The van der Waals surface area contributed by atoms with Gasteiger partial charge in [-0.25, -0.2) is 8.78 Å². The third-order valence-electron chi connectivity index (χ3n) is 1.66. The normalized spacial score (nSPS) is 12.3. The first-order valence-electron chi connectivity index (χ1n) is 3.79. The van der Waals surface area contributed by atoms with Gasteiger partial charge >= 0.3 is 0 Å². The van der Waals surface area contributed by atoms with Gasteiger partial charge in [0.15, 0.2) is 0 Å². The molecule has 0 heterocycles. The van der Waals surface area contributed by atoms with Gasteiger partial charge in [-0.05, 0) is 5.56 Å². The van der Waals surface area contributed by atoms with Crippen LogP contribution < -0.4 is 5.73 Å². The third-order valence-corrected chi connectivity index (χ3v) is 1.66. The van der Waals surface area contributed by atoms with Crippen molar-refractivity contribution in [1.82, 2.24) is 0 Å². The van der Waals surface area contributed by atoms with Crippen LogP contribution in [0.3, 0.4) is 0 Å². The van der Waals surface area contributed by atoms with E-state index in [0.29, 0.717) is 0 Å². The molecule has 0 radical (unpaired) electrons. The Morgan fingerprint density at radius 3 is 2.15 bits per heavy atom. The van der Waals surface area contributed by atoms with Gasteiger partial charge in [-0.1, -0.05) is 30.3 Å². The van der Waals surface area contributed by atoms with Gasteiger partial charge in [-0.3, -0.25) is 0 Å². The smallest absolute Gasteiger partial charge is 0.240 e. The van der Waals surface area contributed by atoms with E-state index in [0.717, 1.165) is 5.56 Å². The van der Waals surface area contributed by atoms with Crippen molar-refractivity contribution < 1.29 is 8.78 Å². The molecule has 1 rings (SSSR count). The maximum Gasteiger partial charge on any atom is 0.240 e. The molecule has 0 aliphatic carbocycles. The first-order valence-corrected chi connectivity index (χ1v) is 3.79. The molecule has 0 unspecified atom stereocenters. The molecule has 0 saturated carbocycles. The van der Waals surface area contributed by atoms with E-state index >= 15 is 0 Å². The highest BCUT2D eigenvalue weighted by Crippen LogP contribution is 2.16. The number of hydrogen-bond donors (Lipinski definition) is 1. The lowest BCUT2D eigenvalue weighted by atomic mass is 10.1. The van der Waals surface area contributed by atoms with Gasteiger partial charge in [0.25, 0.3) is 0 Å². The maximum atomic E-state index is 11.9. The molecule has 0 aromatic heterocycles. The number of nitrogens with two attached hydrogens (primary N) is 1. The summed E-state index contributed by atoms with van der Waals surface area (Å²) < 4.78 is 23.8. The van der Waals surface area contributed by atoms with E-state index < -0.39 is 12.5 Å². The number of halogens is 3. The van der Waals surface area contributed by atoms with Crippen LogP contribution in [0, 0.1) is 0 Å². The summed E-state index contributed by atoms with van der Waals surface area (Å²) in [6.45, 7) is 0. The van der Waals surface area contributed by atoms with Gasteiger partial charge in [0.1, 0.15) is 0 Å². The van der Waals surface area contributed by atoms with E-state index in [2.05, 4.69) is 0 Å². The van der Waals surface area contributed by atoms with Gasteiger partial charge in [0.05, 0.1) is 0 Å². The second-order valence-electron chi connectivity index (χ2n) is 2.64. The zero-order chi connectivity index (χ0) is 8.97. The Bertz CT molecular complexity index is 228. The van der Waals surface area contributed by atoms with Crippen LogP contribution in [0.25, 0.3) is 0 Å². The Morgan fingerprint density at radius 2 is 1.69 bits per heavy atom. The number of benzene rings is 1. The van der Waals surface area contributed by atoms with E-state index in [1.165, 1.54) is 0 Å². The van der Waals surface area contributed by atoms with Crippen molar-refractivity contribution in [2.75, 3.05) is 0 Å². The van der Waals surface area contributed by atoms with E-state index in [4.69, 9.17) is 5.73 Å². The number of alkyl halides is 2. The third kappa shape index (κ3) is 4.20. The Balaban J connectivity index is 0.00000144. The van der Waals surface area contributed by atoms with E-state index in [-0.39, 0.29) is 18.8 Å². The van der Waals surface area contributed by atoms with E-state index in [9.17, 15) is 8.78 Å². The highest BCUT2D eigenvalue weighted by molar-refractivity contribution is 5.85. The average molecular weight is 208 g/mol. The van der Waals surface area contributed by atoms with Crippen LogP contribution in [0.2, 0.25) is 0 Å². The zero-order valence-corrected chi connectivity index (χ0v) is 7.81. The zero-order valence-electron chi connectivity index (χ0n) is 6.99. The fraction of sp³-hybridized carbons (Fsp3) is 0.333. The Morgan fingerprint density at radius 1 is 1.15 bits per heavy atom. The molecule has 0 saturated heterocycles. The molecule has 1 nitrogen and oxygen atoms in total. The molecule has 0 bridgehead atoms. The molecule has 0 spiro atoms. The highest BCUT2D eigenvalue weighted by atomic mass is 35.5. The standard InChI is InChI=1S/C9H11F2N.ClH/c10-9(11)6-8(12)7-4-2-1-3-5-7;/h1-5,8-9H,6,12H2;1H/t8-;/m1./s1. The van der Waals surface area contributed by atoms with E-state index in [1.807, 2.05) is 6.07 Å². The number of rotatable bonds is 3. The van der Waals surface area contributed by atoms with Crippen LogP contribution in [0.1, 0.15) is 18.0 Å². The van der Waals surface area contributed by atoms with Crippen molar-refractivity contribution in [3.05, 3.63) is 35.9 Å². The molecular weight excluding hydrogens is 196 g/mol. The minimum atomic E-state index is -2.33. The molecule has 74 valence electrons. The van der Waals surface area contributed by atoms with Crippen LogP contribution in [0.15, 0.2) is 30.3 Å². The summed E-state index contributed by atoms with van der Waals surface area (Å²) in [6, 6.07) is 8.38. The molecule has 13 heavy (non-hydrogen) atoms. The van der Waals surface area contributed by atoms with Gasteiger partial charge in [-0.15, -0.1) is 12.4 Å². The van der Waals surface area contributed by atoms with Crippen LogP contribution >= 0.6 is 12.4 Å². The molecule has 0 aliphatic rings. The summed E-state index contributed by atoms with van der Waals surface area (Å²) in [4.78, 5) is 0. The van der Waals surface area contributed by atoms with Crippen LogP contribution in [0.4, 0.5) is 8.78 Å². The maximum absolute atomic E-state index is 11.9. The van der Waals surface area contributed by atoms with Crippen molar-refractivity contribution in [1.29, 1.82) is 0 Å². The first kappa shape index (κ1) is 12.3. The molecule has 1 aromatic carbocycles. The van der Waals surface area contributed by atoms with Crippen molar-refractivity contribution in [2.24, 2.45) is 5.73 Å². The summed E-state index contributed by atoms with van der Waals surface area (Å²) >= 11 is 0. The van der Waals surface area contributed by atoms with Crippen molar-refractivity contribution >= 4 is 12.4 Å². The Kier molecular flexibility index (Phi) is 5.58. The molecule has 4 heteroatoms. The van der Waals surface area contributed by atoms with Crippen molar-refractivity contribution in [2.45, 2.75) is 18.9 Å². The first-order chi connectivity index (χ1) is 5.70. The van der Waals surface area contributed by atoms with Crippen LogP contribution in [-0.4, -0.2) is 6.43 Å². The fourth-order valence-electron chi connectivity index (χ4n) is 1.03. The predicted molar refractivity (Wildman–Crippen MR) is 51.2 cm³/mol. The van der Waals surface area contributed by atoms with E-state index in [1.54, 1.807) is 24.3 Å². The lowest BCUT2D eigenvalue weighted by Gasteiger charge is -2.10. The van der Waals surface area contributed by atoms with Crippen molar-refractivity contribution in [3.8, 4) is 0 Å². The van der Waals surface area contributed by atoms with Gasteiger partial charge in [0, 0.05) is 12.5 Å². The summed E-state index contributed by atoms with van der Waals surface area (Å²) in [6.07, 6.45) is -2.61. The molecule has 1 aromatic rings. The Labute approximate surface area is 82.4 Å². The van der Waals surface area contributed by atoms with Crippen molar-refractivity contribution in [3.63, 3.8) is 0 Å². The predicted octanol–water partition coefficient (Wildman–Crippen LogP) is 2.76. The quantitative estimate of drug-likeness (QED) is 0.811. The molecule has 0 aliphatic heterocycles. The largest absolute Gasteiger partial charge is 0.324 e. The molecule has 0 amide bonds. The fourth-order valence-corrected chi connectivity index (χ4v) is 1.03. The monoisotopic (exact) mass is 207 g/mol. The SMILES string of the molecule is Cl.N[C@H](CC(F)F)c1ccccc1. The second-order valence-corrected chi connectivity index (χ2v) is 2.64. The molecular formula is C9H12ClF2N. The van der Waals surface area contributed by atoms with Gasteiger partial charge in [-0.2, -0.15) is 0 Å². The lowest BCUT2D eigenvalue weighted by Crippen LogP contribution is -2.13. The summed E-state index contributed by atoms with van der Waals surface area (Å²) in [5.74, 6) is 0. The minimum Gasteiger partial charge on any atom is -0.324 e. The molecule has 2 N–H and O–H groups in total. The van der Waals surface area contributed by atoms with Crippen LogP contribution in [-0.2, 0) is 0 Å². The van der Waals surface area contributed by atoms with Crippen LogP contribution in [0.5, 0.6) is 0 Å². The topological polar surface area (TPSA) is 26.0 Å². The highest BCUT2D eigenvalue weighted by Gasteiger charge is 2.11. The van der Waals surface area contributed by atoms with Gasteiger partial charge in [0.2, 0.25) is 6.43 Å². The molecule has 0 fully saturated rings. The summed E-state index contributed by atoms with van der Waals surface area (Å²) in [7, 11) is 0. The Hall–Kier alpha value is -0.670. The van der Waals surface area contributed by atoms with Gasteiger partial charge < -0.3 is 5.73 Å². The lowest BCUT2D eigenvalue weighted by molar-refractivity contribution is 0.128. The second kappa shape index (κ2) is 5.89. The molecule has 1 atom stereocenters. The summed E-state index contributed by atoms with van der Waals surface area (Å²) in [5, 5.41) is 0. The minimum absolute atomic E-state index is 0. The average Bonchev–Trinajstić information content (AvgIpc) is 2.05.